The summed E-state index contributed by atoms with van der Waals surface area (Å²) in [6.07, 6.45) is 3.84. The number of aromatic nitrogens is 2. The van der Waals surface area contributed by atoms with E-state index < -0.39 is 0 Å². The lowest BCUT2D eigenvalue weighted by atomic mass is 10.0. The third-order valence-corrected chi connectivity index (χ3v) is 4.85. The molecule has 25 heavy (non-hydrogen) atoms. The molecule has 1 aliphatic heterocycles. The molecule has 0 spiro atoms. The molecule has 1 aromatic heterocycles. The minimum atomic E-state index is 0.235. The SMILES string of the molecule is COc1ccc(C2CCCN2c2ncnc3ccccc23)c(OC)c1. The van der Waals surface area contributed by atoms with E-state index in [-0.39, 0.29) is 6.04 Å². The summed E-state index contributed by atoms with van der Waals surface area (Å²) in [6, 6.07) is 14.4. The van der Waals surface area contributed by atoms with Crippen LogP contribution in [0.2, 0.25) is 0 Å². The van der Waals surface area contributed by atoms with Gasteiger partial charge < -0.3 is 14.4 Å². The van der Waals surface area contributed by atoms with Crippen molar-refractivity contribution in [2.75, 3.05) is 25.7 Å². The Kier molecular flexibility index (Phi) is 4.14. The summed E-state index contributed by atoms with van der Waals surface area (Å²) in [7, 11) is 3.38. The molecule has 0 N–H and O–H groups in total. The van der Waals surface area contributed by atoms with Crippen molar-refractivity contribution in [2.24, 2.45) is 0 Å². The van der Waals surface area contributed by atoms with Crippen LogP contribution in [0, 0.1) is 0 Å². The van der Waals surface area contributed by atoms with Crippen LogP contribution in [0.5, 0.6) is 11.5 Å². The molecule has 0 aliphatic carbocycles. The second kappa shape index (κ2) is 6.59. The Morgan fingerprint density at radius 2 is 1.92 bits per heavy atom. The maximum absolute atomic E-state index is 5.63. The smallest absolute Gasteiger partial charge is 0.140 e. The van der Waals surface area contributed by atoms with Gasteiger partial charge in [0, 0.05) is 23.6 Å². The molecule has 128 valence electrons. The summed E-state index contributed by atoms with van der Waals surface area (Å²) >= 11 is 0. The molecule has 0 bridgehead atoms. The lowest BCUT2D eigenvalue weighted by Gasteiger charge is -2.28. The highest BCUT2D eigenvalue weighted by Crippen LogP contribution is 2.41. The van der Waals surface area contributed by atoms with Crippen molar-refractivity contribution in [3.8, 4) is 11.5 Å². The van der Waals surface area contributed by atoms with Gasteiger partial charge in [-0.1, -0.05) is 12.1 Å². The van der Waals surface area contributed by atoms with Gasteiger partial charge in [0.25, 0.3) is 0 Å². The lowest BCUT2D eigenvalue weighted by Crippen LogP contribution is -2.24. The average Bonchev–Trinajstić information content (AvgIpc) is 3.16. The van der Waals surface area contributed by atoms with Crippen LogP contribution >= 0.6 is 0 Å². The first-order chi connectivity index (χ1) is 12.3. The van der Waals surface area contributed by atoms with Crippen LogP contribution in [0.4, 0.5) is 5.82 Å². The Morgan fingerprint density at radius 1 is 1.04 bits per heavy atom. The number of nitrogens with zero attached hydrogens (tertiary/aromatic N) is 3. The number of methoxy groups -OCH3 is 2. The average molecular weight is 335 g/mol. The minimum Gasteiger partial charge on any atom is -0.497 e. The summed E-state index contributed by atoms with van der Waals surface area (Å²) in [5.41, 5.74) is 2.14. The normalized spacial score (nSPS) is 17.0. The molecule has 1 fully saturated rings. The van der Waals surface area contributed by atoms with Crippen LogP contribution in [-0.4, -0.2) is 30.7 Å². The molecule has 4 rings (SSSR count). The number of para-hydroxylation sites is 1. The highest BCUT2D eigenvalue weighted by Gasteiger charge is 2.30. The van der Waals surface area contributed by atoms with E-state index >= 15 is 0 Å². The van der Waals surface area contributed by atoms with Gasteiger partial charge in [0.1, 0.15) is 23.6 Å². The lowest BCUT2D eigenvalue weighted by molar-refractivity contribution is 0.388. The van der Waals surface area contributed by atoms with Gasteiger partial charge in [-0.3, -0.25) is 0 Å². The van der Waals surface area contributed by atoms with Crippen molar-refractivity contribution in [3.05, 3.63) is 54.4 Å². The Hall–Kier alpha value is -2.82. The number of anilines is 1. The highest BCUT2D eigenvalue weighted by molar-refractivity contribution is 5.89. The van der Waals surface area contributed by atoms with Gasteiger partial charge >= 0.3 is 0 Å². The minimum absolute atomic E-state index is 0.235. The molecule has 0 amide bonds. The number of ether oxygens (including phenoxy) is 2. The summed E-state index contributed by atoms with van der Waals surface area (Å²) in [5, 5.41) is 1.09. The van der Waals surface area contributed by atoms with Gasteiger partial charge in [-0.2, -0.15) is 0 Å². The summed E-state index contributed by atoms with van der Waals surface area (Å²) < 4.78 is 11.0. The summed E-state index contributed by atoms with van der Waals surface area (Å²) in [6.45, 7) is 0.973. The number of hydrogen-bond acceptors (Lipinski definition) is 5. The van der Waals surface area contributed by atoms with Crippen molar-refractivity contribution < 1.29 is 9.47 Å². The second-order valence-electron chi connectivity index (χ2n) is 6.17. The number of rotatable bonds is 4. The molecular weight excluding hydrogens is 314 g/mol. The first-order valence-corrected chi connectivity index (χ1v) is 8.50. The van der Waals surface area contributed by atoms with Gasteiger partial charge in [-0.15, -0.1) is 0 Å². The van der Waals surface area contributed by atoms with Gasteiger partial charge in [0.15, 0.2) is 0 Å². The van der Waals surface area contributed by atoms with Gasteiger partial charge in [-0.25, -0.2) is 9.97 Å². The van der Waals surface area contributed by atoms with E-state index in [9.17, 15) is 0 Å². The second-order valence-corrected chi connectivity index (χ2v) is 6.17. The largest absolute Gasteiger partial charge is 0.497 e. The molecule has 5 heteroatoms. The molecule has 3 aromatic rings. The molecule has 5 nitrogen and oxygen atoms in total. The Balaban J connectivity index is 1.78. The number of fused-ring (bicyclic) bond motifs is 1. The summed E-state index contributed by atoms with van der Waals surface area (Å²) in [4.78, 5) is 11.4. The molecule has 1 aliphatic rings. The van der Waals surface area contributed by atoms with Crippen molar-refractivity contribution in [3.63, 3.8) is 0 Å². The quantitative estimate of drug-likeness (QED) is 0.721. The Bertz CT molecular complexity index is 892. The van der Waals surface area contributed by atoms with E-state index in [0.717, 1.165) is 47.6 Å². The Morgan fingerprint density at radius 3 is 2.76 bits per heavy atom. The van der Waals surface area contributed by atoms with E-state index in [4.69, 9.17) is 9.47 Å². The highest BCUT2D eigenvalue weighted by atomic mass is 16.5. The molecule has 2 aromatic carbocycles. The fourth-order valence-corrected chi connectivity index (χ4v) is 3.66. The van der Waals surface area contributed by atoms with Crippen molar-refractivity contribution in [1.82, 2.24) is 9.97 Å². The van der Waals surface area contributed by atoms with Gasteiger partial charge in [0.05, 0.1) is 25.8 Å². The van der Waals surface area contributed by atoms with Crippen LogP contribution in [0.1, 0.15) is 24.4 Å². The fourth-order valence-electron chi connectivity index (χ4n) is 3.66. The molecule has 1 unspecified atom stereocenters. The Labute approximate surface area is 147 Å². The summed E-state index contributed by atoms with van der Waals surface area (Å²) in [5.74, 6) is 2.65. The van der Waals surface area contributed by atoms with Crippen molar-refractivity contribution in [2.45, 2.75) is 18.9 Å². The molecular formula is C20H21N3O2. The fraction of sp³-hybridized carbons (Fsp3) is 0.300. The van der Waals surface area contributed by atoms with Crippen molar-refractivity contribution in [1.29, 1.82) is 0 Å². The van der Waals surface area contributed by atoms with Crippen LogP contribution in [0.25, 0.3) is 10.9 Å². The van der Waals surface area contributed by atoms with E-state index in [1.54, 1.807) is 20.5 Å². The topological polar surface area (TPSA) is 47.5 Å². The van der Waals surface area contributed by atoms with E-state index in [1.165, 1.54) is 5.56 Å². The monoisotopic (exact) mass is 335 g/mol. The van der Waals surface area contributed by atoms with E-state index in [2.05, 4.69) is 27.0 Å². The zero-order valence-electron chi connectivity index (χ0n) is 14.5. The van der Waals surface area contributed by atoms with E-state index in [1.807, 2.05) is 30.3 Å². The molecule has 0 saturated carbocycles. The van der Waals surface area contributed by atoms with Crippen LogP contribution in [-0.2, 0) is 0 Å². The molecule has 2 heterocycles. The van der Waals surface area contributed by atoms with Crippen LogP contribution < -0.4 is 14.4 Å². The van der Waals surface area contributed by atoms with Crippen LogP contribution in [0.15, 0.2) is 48.8 Å². The number of hydrogen-bond donors (Lipinski definition) is 0. The predicted octanol–water partition coefficient (Wildman–Crippen LogP) is 3.99. The maximum Gasteiger partial charge on any atom is 0.140 e. The van der Waals surface area contributed by atoms with Crippen molar-refractivity contribution >= 4 is 16.7 Å². The maximum atomic E-state index is 5.63. The van der Waals surface area contributed by atoms with E-state index in [0.29, 0.717) is 0 Å². The van der Waals surface area contributed by atoms with Gasteiger partial charge in [-0.05, 0) is 37.1 Å². The van der Waals surface area contributed by atoms with Gasteiger partial charge in [0.2, 0.25) is 0 Å². The zero-order valence-corrected chi connectivity index (χ0v) is 14.5. The zero-order chi connectivity index (χ0) is 17.2. The number of benzene rings is 2. The third kappa shape index (κ3) is 2.76. The first kappa shape index (κ1) is 15.7. The third-order valence-electron chi connectivity index (χ3n) is 4.85. The molecule has 0 radical (unpaired) electrons. The molecule has 1 saturated heterocycles. The van der Waals surface area contributed by atoms with Crippen LogP contribution in [0.3, 0.4) is 0 Å². The first-order valence-electron chi connectivity index (χ1n) is 8.50. The molecule has 1 atom stereocenters. The predicted molar refractivity (Wildman–Crippen MR) is 98.4 cm³/mol. The standard InChI is InChI=1S/C20H21N3O2/c1-24-14-9-10-16(19(12-14)25-2)18-8-5-11-23(18)20-15-6-3-4-7-17(15)21-13-22-20/h3-4,6-7,9-10,12-13,18H,5,8,11H2,1-2H3.